The van der Waals surface area contributed by atoms with Crippen LogP contribution in [0.2, 0.25) is 0 Å². The van der Waals surface area contributed by atoms with E-state index in [2.05, 4.69) is 17.2 Å². The average molecular weight is 209 g/mol. The number of hydrogen-bond donors (Lipinski definition) is 1. The first-order chi connectivity index (χ1) is 7.17. The van der Waals surface area contributed by atoms with Crippen molar-refractivity contribution in [1.29, 1.82) is 0 Å². The van der Waals surface area contributed by atoms with Gasteiger partial charge in [0.2, 0.25) is 0 Å². The van der Waals surface area contributed by atoms with Crippen molar-refractivity contribution >= 4 is 0 Å². The first-order valence-corrected chi connectivity index (χ1v) is 5.37. The zero-order valence-corrected chi connectivity index (χ0v) is 9.66. The van der Waals surface area contributed by atoms with E-state index in [9.17, 15) is 4.79 Å². The molecule has 84 valence electrons. The van der Waals surface area contributed by atoms with Crippen LogP contribution in [0.25, 0.3) is 0 Å². The summed E-state index contributed by atoms with van der Waals surface area (Å²) in [5.74, 6) is 0. The summed E-state index contributed by atoms with van der Waals surface area (Å²) in [5.41, 5.74) is 0.845. The third kappa shape index (κ3) is 3.47. The van der Waals surface area contributed by atoms with Crippen LogP contribution in [-0.4, -0.2) is 22.6 Å². The van der Waals surface area contributed by atoms with Crippen molar-refractivity contribution < 1.29 is 0 Å². The van der Waals surface area contributed by atoms with Crippen molar-refractivity contribution in [3.05, 3.63) is 28.4 Å². The predicted octanol–water partition coefficient (Wildman–Crippen LogP) is 0.940. The summed E-state index contributed by atoms with van der Waals surface area (Å²) in [6.07, 6.45) is 5.64. The maximum Gasteiger partial charge on any atom is 0.347 e. The topological polar surface area (TPSA) is 46.9 Å². The van der Waals surface area contributed by atoms with Gasteiger partial charge in [0.05, 0.1) is 0 Å². The summed E-state index contributed by atoms with van der Waals surface area (Å²) in [6, 6.07) is 0.344. The number of aromatic nitrogens is 2. The Bertz CT molecular complexity index is 359. The molecule has 0 saturated heterocycles. The minimum atomic E-state index is -0.169. The van der Waals surface area contributed by atoms with Crippen LogP contribution in [0.3, 0.4) is 0 Å². The summed E-state index contributed by atoms with van der Waals surface area (Å²) >= 11 is 0. The molecular formula is C11H19N3O. The van der Waals surface area contributed by atoms with Gasteiger partial charge in [-0.2, -0.15) is 0 Å². The molecule has 0 aliphatic carbocycles. The van der Waals surface area contributed by atoms with E-state index in [1.54, 1.807) is 10.8 Å². The van der Waals surface area contributed by atoms with Crippen LogP contribution in [0.5, 0.6) is 0 Å². The van der Waals surface area contributed by atoms with Gasteiger partial charge >= 0.3 is 5.69 Å². The van der Waals surface area contributed by atoms with Gasteiger partial charge in [0.15, 0.2) is 0 Å². The van der Waals surface area contributed by atoms with Gasteiger partial charge in [-0.25, -0.2) is 9.78 Å². The van der Waals surface area contributed by atoms with Crippen LogP contribution in [-0.2, 0) is 6.54 Å². The van der Waals surface area contributed by atoms with E-state index in [0.717, 1.165) is 18.4 Å². The Hall–Kier alpha value is -1.16. The third-order valence-corrected chi connectivity index (χ3v) is 2.45. The molecule has 0 bridgehead atoms. The minimum Gasteiger partial charge on any atom is -0.315 e. The molecule has 0 aliphatic heterocycles. The van der Waals surface area contributed by atoms with Gasteiger partial charge in [0.1, 0.15) is 0 Å². The summed E-state index contributed by atoms with van der Waals surface area (Å²) in [5, 5.41) is 3.21. The first kappa shape index (κ1) is 11.9. The molecule has 0 fully saturated rings. The van der Waals surface area contributed by atoms with E-state index in [1.807, 2.05) is 20.2 Å². The van der Waals surface area contributed by atoms with Crippen LogP contribution in [0.4, 0.5) is 0 Å². The third-order valence-electron chi connectivity index (χ3n) is 2.45. The number of likely N-dealkylation sites (N-methyl/N-ethyl adjacent to an activating group) is 1. The molecule has 0 amide bonds. The molecule has 1 rings (SSSR count). The fourth-order valence-corrected chi connectivity index (χ4v) is 1.61. The maximum atomic E-state index is 11.5. The Balaban J connectivity index is 2.78. The second-order valence-corrected chi connectivity index (χ2v) is 3.84. The lowest BCUT2D eigenvalue weighted by molar-refractivity contribution is 0.438. The fourth-order valence-electron chi connectivity index (χ4n) is 1.61. The number of nitrogens with one attached hydrogen (secondary N) is 1. The van der Waals surface area contributed by atoms with Crippen molar-refractivity contribution in [3.63, 3.8) is 0 Å². The molecule has 4 nitrogen and oxygen atoms in total. The normalized spacial score (nSPS) is 12.7. The molecule has 0 radical (unpaired) electrons. The molecule has 0 spiro atoms. The highest BCUT2D eigenvalue weighted by atomic mass is 16.1. The van der Waals surface area contributed by atoms with Crippen LogP contribution in [0.15, 0.2) is 17.2 Å². The average Bonchev–Trinajstić information content (AvgIpc) is 2.22. The lowest BCUT2D eigenvalue weighted by Crippen LogP contribution is -2.35. The molecule has 0 aromatic carbocycles. The van der Waals surface area contributed by atoms with Gasteiger partial charge in [-0.1, -0.05) is 13.3 Å². The van der Waals surface area contributed by atoms with E-state index in [0.29, 0.717) is 12.6 Å². The molecule has 0 saturated carbocycles. The van der Waals surface area contributed by atoms with Gasteiger partial charge in [0, 0.05) is 25.0 Å². The molecule has 1 aromatic rings. The number of rotatable bonds is 5. The molecule has 4 heteroatoms. The molecule has 1 heterocycles. The van der Waals surface area contributed by atoms with Crippen molar-refractivity contribution in [2.75, 3.05) is 7.05 Å². The molecule has 0 aliphatic rings. The van der Waals surface area contributed by atoms with Crippen molar-refractivity contribution in [1.82, 2.24) is 14.9 Å². The molecular weight excluding hydrogens is 190 g/mol. The Morgan fingerprint density at radius 1 is 1.60 bits per heavy atom. The zero-order valence-electron chi connectivity index (χ0n) is 9.66. The van der Waals surface area contributed by atoms with Gasteiger partial charge in [-0.05, 0) is 26.0 Å². The van der Waals surface area contributed by atoms with Crippen LogP contribution in [0.1, 0.15) is 25.3 Å². The van der Waals surface area contributed by atoms with Gasteiger partial charge < -0.3 is 5.32 Å². The van der Waals surface area contributed by atoms with E-state index in [1.165, 1.54) is 0 Å². The molecule has 1 N–H and O–H groups in total. The highest BCUT2D eigenvalue weighted by molar-refractivity contribution is 4.99. The molecule has 1 aromatic heterocycles. The smallest absolute Gasteiger partial charge is 0.315 e. The molecule has 15 heavy (non-hydrogen) atoms. The Morgan fingerprint density at radius 3 is 2.93 bits per heavy atom. The standard InChI is InChI=1S/C11H19N3O/c1-4-5-10(12-3)8-14-7-9(2)6-13-11(14)15/h6-7,10,12H,4-5,8H2,1-3H3. The molecule has 1 atom stereocenters. The van der Waals surface area contributed by atoms with Crippen molar-refractivity contribution in [2.24, 2.45) is 0 Å². The zero-order chi connectivity index (χ0) is 11.3. The second-order valence-electron chi connectivity index (χ2n) is 3.84. The minimum absolute atomic E-state index is 0.169. The fraction of sp³-hybridized carbons (Fsp3) is 0.636. The predicted molar refractivity (Wildman–Crippen MR) is 61.0 cm³/mol. The van der Waals surface area contributed by atoms with E-state index >= 15 is 0 Å². The summed E-state index contributed by atoms with van der Waals surface area (Å²) < 4.78 is 1.67. The molecule has 1 unspecified atom stereocenters. The second kappa shape index (κ2) is 5.66. The Kier molecular flexibility index (Phi) is 4.49. The van der Waals surface area contributed by atoms with Crippen LogP contribution in [0, 0.1) is 6.92 Å². The maximum absolute atomic E-state index is 11.5. The van der Waals surface area contributed by atoms with Crippen LogP contribution < -0.4 is 11.0 Å². The number of hydrogen-bond acceptors (Lipinski definition) is 3. The van der Waals surface area contributed by atoms with Crippen molar-refractivity contribution in [2.45, 2.75) is 39.3 Å². The quantitative estimate of drug-likeness (QED) is 0.785. The Labute approximate surface area is 90.3 Å². The van der Waals surface area contributed by atoms with E-state index in [4.69, 9.17) is 0 Å². The summed E-state index contributed by atoms with van der Waals surface area (Å²) in [4.78, 5) is 15.3. The van der Waals surface area contributed by atoms with E-state index in [-0.39, 0.29) is 5.69 Å². The number of aryl methyl sites for hydroxylation is 1. The van der Waals surface area contributed by atoms with Gasteiger partial charge in [0.25, 0.3) is 0 Å². The highest BCUT2D eigenvalue weighted by Crippen LogP contribution is 1.99. The SMILES string of the molecule is CCCC(Cn1cc(C)cnc1=O)NC. The summed E-state index contributed by atoms with van der Waals surface area (Å²) in [6.45, 7) is 4.77. The first-order valence-electron chi connectivity index (χ1n) is 5.37. The summed E-state index contributed by atoms with van der Waals surface area (Å²) in [7, 11) is 1.93. The monoisotopic (exact) mass is 209 g/mol. The number of nitrogens with zero attached hydrogens (tertiary/aromatic N) is 2. The van der Waals surface area contributed by atoms with Gasteiger partial charge in [-0.3, -0.25) is 4.57 Å². The van der Waals surface area contributed by atoms with Crippen LogP contribution >= 0.6 is 0 Å². The Morgan fingerprint density at radius 2 is 2.33 bits per heavy atom. The van der Waals surface area contributed by atoms with Crippen molar-refractivity contribution in [3.8, 4) is 0 Å². The largest absolute Gasteiger partial charge is 0.347 e. The highest BCUT2D eigenvalue weighted by Gasteiger charge is 2.07. The van der Waals surface area contributed by atoms with Gasteiger partial charge in [-0.15, -0.1) is 0 Å². The lowest BCUT2D eigenvalue weighted by Gasteiger charge is -2.16. The lowest BCUT2D eigenvalue weighted by atomic mass is 10.1. The van der Waals surface area contributed by atoms with E-state index < -0.39 is 0 Å².